The molecule has 1 fully saturated rings. The van der Waals surface area contributed by atoms with E-state index in [9.17, 15) is 4.79 Å². The Morgan fingerprint density at radius 1 is 1.37 bits per heavy atom. The normalized spacial score (nSPS) is 25.1. The average molecular weight is 258 g/mol. The minimum atomic E-state index is 0.341. The Morgan fingerprint density at radius 3 is 3.05 bits per heavy atom. The lowest BCUT2D eigenvalue weighted by atomic mass is 9.95. The number of aryl methyl sites for hydroxylation is 1. The van der Waals surface area contributed by atoms with E-state index in [1.54, 1.807) is 0 Å². The van der Waals surface area contributed by atoms with E-state index in [1.165, 1.54) is 17.5 Å². The molecule has 0 amide bonds. The maximum atomic E-state index is 12.2. The number of hydrogen-bond donors (Lipinski definition) is 0. The fraction of sp³-hybridized carbons (Fsp3) is 0.588. The van der Waals surface area contributed by atoms with Crippen LogP contribution in [0.1, 0.15) is 43.7 Å². The second-order valence-corrected chi connectivity index (χ2v) is 6.12. The molecule has 1 aliphatic carbocycles. The van der Waals surface area contributed by atoms with Gasteiger partial charge in [-0.2, -0.15) is 0 Å². The molecule has 19 heavy (non-hydrogen) atoms. The summed E-state index contributed by atoms with van der Waals surface area (Å²) in [4.78, 5) is 12.2. The standard InChI is InChI=1S/C17H22O2/c1-12-2-5-14(10-12)16(18)6-3-13-4-7-17-15(11-13)8-9-19-17/h4,7,11-12,14H,2-3,5-6,8-10H2,1H3. The highest BCUT2D eigenvalue weighted by molar-refractivity contribution is 5.81. The van der Waals surface area contributed by atoms with Crippen LogP contribution in [0.5, 0.6) is 5.75 Å². The van der Waals surface area contributed by atoms with E-state index in [1.807, 2.05) is 0 Å². The molecule has 2 nitrogen and oxygen atoms in total. The van der Waals surface area contributed by atoms with Crippen molar-refractivity contribution in [1.82, 2.24) is 0 Å². The molecule has 0 bridgehead atoms. The molecule has 0 saturated heterocycles. The van der Waals surface area contributed by atoms with Gasteiger partial charge in [-0.25, -0.2) is 0 Å². The van der Waals surface area contributed by atoms with Crippen molar-refractivity contribution in [3.63, 3.8) is 0 Å². The van der Waals surface area contributed by atoms with Crippen LogP contribution < -0.4 is 4.74 Å². The number of Topliss-reactive ketones (excluding diaryl/α,β-unsaturated/α-hetero) is 1. The number of carbonyl (C=O) groups is 1. The molecule has 1 aliphatic heterocycles. The van der Waals surface area contributed by atoms with Gasteiger partial charge in [0.25, 0.3) is 0 Å². The number of benzene rings is 1. The van der Waals surface area contributed by atoms with Crippen LogP contribution >= 0.6 is 0 Å². The van der Waals surface area contributed by atoms with Gasteiger partial charge in [-0.3, -0.25) is 4.79 Å². The van der Waals surface area contributed by atoms with Gasteiger partial charge in [0.2, 0.25) is 0 Å². The van der Waals surface area contributed by atoms with E-state index < -0.39 is 0 Å². The molecular formula is C17H22O2. The molecule has 1 aromatic rings. The van der Waals surface area contributed by atoms with Crippen LogP contribution in [-0.2, 0) is 17.6 Å². The Hall–Kier alpha value is -1.31. The summed E-state index contributed by atoms with van der Waals surface area (Å²) in [6, 6.07) is 6.38. The van der Waals surface area contributed by atoms with Gasteiger partial charge in [0, 0.05) is 18.8 Å². The Kier molecular flexibility index (Phi) is 3.58. The van der Waals surface area contributed by atoms with Crippen LogP contribution in [0.4, 0.5) is 0 Å². The molecule has 102 valence electrons. The van der Waals surface area contributed by atoms with Crippen LogP contribution in [0.3, 0.4) is 0 Å². The van der Waals surface area contributed by atoms with Gasteiger partial charge in [0.1, 0.15) is 11.5 Å². The van der Waals surface area contributed by atoms with Gasteiger partial charge < -0.3 is 4.74 Å². The number of hydrogen-bond acceptors (Lipinski definition) is 2. The molecule has 1 aromatic carbocycles. The van der Waals surface area contributed by atoms with Crippen LogP contribution in [0.15, 0.2) is 18.2 Å². The highest BCUT2D eigenvalue weighted by Gasteiger charge is 2.26. The number of ether oxygens (including phenoxy) is 1. The van der Waals surface area contributed by atoms with E-state index >= 15 is 0 Å². The molecule has 3 rings (SSSR count). The largest absolute Gasteiger partial charge is 0.493 e. The molecule has 0 spiro atoms. The summed E-state index contributed by atoms with van der Waals surface area (Å²) >= 11 is 0. The summed E-state index contributed by atoms with van der Waals surface area (Å²) < 4.78 is 5.51. The average Bonchev–Trinajstić information content (AvgIpc) is 3.03. The number of carbonyl (C=O) groups excluding carboxylic acids is 1. The Labute approximate surface area is 115 Å². The first kappa shape index (κ1) is 12.7. The van der Waals surface area contributed by atoms with Gasteiger partial charge in [0.05, 0.1) is 6.61 Å². The van der Waals surface area contributed by atoms with Gasteiger partial charge in [-0.05, 0) is 48.8 Å². The smallest absolute Gasteiger partial charge is 0.136 e. The first-order valence-electron chi connectivity index (χ1n) is 7.49. The molecule has 1 heterocycles. The molecule has 0 aromatic heterocycles. The van der Waals surface area contributed by atoms with Crippen molar-refractivity contribution >= 4 is 5.78 Å². The van der Waals surface area contributed by atoms with Crippen molar-refractivity contribution in [1.29, 1.82) is 0 Å². The minimum Gasteiger partial charge on any atom is -0.493 e. The number of ketones is 1. The summed E-state index contributed by atoms with van der Waals surface area (Å²) in [6.07, 6.45) is 6.05. The molecule has 2 atom stereocenters. The van der Waals surface area contributed by atoms with Gasteiger partial charge in [-0.1, -0.05) is 19.1 Å². The zero-order chi connectivity index (χ0) is 13.2. The zero-order valence-corrected chi connectivity index (χ0v) is 11.7. The lowest BCUT2D eigenvalue weighted by Crippen LogP contribution is -2.12. The molecule has 0 radical (unpaired) electrons. The molecule has 2 unspecified atom stereocenters. The Balaban J connectivity index is 1.56. The van der Waals surface area contributed by atoms with Crippen LogP contribution in [0.2, 0.25) is 0 Å². The maximum Gasteiger partial charge on any atom is 0.136 e. The number of fused-ring (bicyclic) bond motifs is 1. The predicted molar refractivity (Wildman–Crippen MR) is 75.5 cm³/mol. The SMILES string of the molecule is CC1CCC(C(=O)CCc2ccc3c(c2)CCO3)C1. The van der Waals surface area contributed by atoms with Crippen LogP contribution in [0.25, 0.3) is 0 Å². The minimum absolute atomic E-state index is 0.341. The quantitative estimate of drug-likeness (QED) is 0.825. The van der Waals surface area contributed by atoms with E-state index in [4.69, 9.17) is 4.74 Å². The summed E-state index contributed by atoms with van der Waals surface area (Å²) in [5, 5.41) is 0. The van der Waals surface area contributed by atoms with Gasteiger partial charge in [-0.15, -0.1) is 0 Å². The van der Waals surface area contributed by atoms with Crippen molar-refractivity contribution in [2.24, 2.45) is 11.8 Å². The van der Waals surface area contributed by atoms with Crippen LogP contribution in [-0.4, -0.2) is 12.4 Å². The van der Waals surface area contributed by atoms with Crippen molar-refractivity contribution < 1.29 is 9.53 Å². The molecule has 1 saturated carbocycles. The zero-order valence-electron chi connectivity index (χ0n) is 11.7. The third-order valence-electron chi connectivity index (χ3n) is 4.56. The maximum absolute atomic E-state index is 12.2. The number of rotatable bonds is 4. The van der Waals surface area contributed by atoms with Gasteiger partial charge in [0.15, 0.2) is 0 Å². The van der Waals surface area contributed by atoms with E-state index in [0.29, 0.717) is 18.1 Å². The first-order valence-corrected chi connectivity index (χ1v) is 7.49. The second-order valence-electron chi connectivity index (χ2n) is 6.12. The Bertz CT molecular complexity index is 478. The summed E-state index contributed by atoms with van der Waals surface area (Å²) in [7, 11) is 0. The molecular weight excluding hydrogens is 236 g/mol. The fourth-order valence-corrected chi connectivity index (χ4v) is 3.37. The third-order valence-corrected chi connectivity index (χ3v) is 4.56. The highest BCUT2D eigenvalue weighted by Crippen LogP contribution is 2.32. The molecule has 2 aliphatic rings. The van der Waals surface area contributed by atoms with E-state index in [2.05, 4.69) is 25.1 Å². The topological polar surface area (TPSA) is 26.3 Å². The lowest BCUT2D eigenvalue weighted by molar-refractivity contribution is -0.122. The summed E-state index contributed by atoms with van der Waals surface area (Å²) in [5.74, 6) is 2.58. The molecule has 2 heteroatoms. The monoisotopic (exact) mass is 258 g/mol. The lowest BCUT2D eigenvalue weighted by Gasteiger charge is -2.09. The van der Waals surface area contributed by atoms with Crippen molar-refractivity contribution in [3.8, 4) is 5.75 Å². The van der Waals surface area contributed by atoms with Gasteiger partial charge >= 0.3 is 0 Å². The van der Waals surface area contributed by atoms with E-state index in [-0.39, 0.29) is 0 Å². The van der Waals surface area contributed by atoms with Crippen LogP contribution in [0, 0.1) is 11.8 Å². The summed E-state index contributed by atoms with van der Waals surface area (Å²) in [6.45, 7) is 3.06. The van der Waals surface area contributed by atoms with Crippen molar-refractivity contribution in [2.45, 2.75) is 45.4 Å². The van der Waals surface area contributed by atoms with E-state index in [0.717, 1.165) is 44.0 Å². The van der Waals surface area contributed by atoms with Crippen molar-refractivity contribution in [2.75, 3.05) is 6.61 Å². The van der Waals surface area contributed by atoms with Crippen molar-refractivity contribution in [3.05, 3.63) is 29.3 Å². The second kappa shape index (κ2) is 5.36. The first-order chi connectivity index (χ1) is 9.22. The molecule has 0 N–H and O–H groups in total. The fourth-order valence-electron chi connectivity index (χ4n) is 3.37. The summed E-state index contributed by atoms with van der Waals surface area (Å²) in [5.41, 5.74) is 2.59. The predicted octanol–water partition coefficient (Wildman–Crippen LogP) is 3.56. The third kappa shape index (κ3) is 2.83. The Morgan fingerprint density at radius 2 is 2.26 bits per heavy atom. The highest BCUT2D eigenvalue weighted by atomic mass is 16.5.